The lowest BCUT2D eigenvalue weighted by atomic mass is 9.86. The molecule has 2 heterocycles. The van der Waals surface area contributed by atoms with Gasteiger partial charge in [-0.15, -0.1) is 0 Å². The highest BCUT2D eigenvalue weighted by molar-refractivity contribution is 6.00. The van der Waals surface area contributed by atoms with E-state index in [1.54, 1.807) is 47.4 Å². The minimum atomic E-state index is -0.699. The molecule has 0 aliphatic carbocycles. The summed E-state index contributed by atoms with van der Waals surface area (Å²) in [6, 6.07) is 13.3. The Morgan fingerprint density at radius 3 is 2.61 bits per heavy atom. The highest BCUT2D eigenvalue weighted by atomic mass is 19.1. The molecular formula is C22H23FN2O3. The van der Waals surface area contributed by atoms with Crippen LogP contribution in [0.5, 0.6) is 5.75 Å². The molecule has 0 aromatic heterocycles. The van der Waals surface area contributed by atoms with Gasteiger partial charge >= 0.3 is 0 Å². The largest absolute Gasteiger partial charge is 0.489 e. The maximum atomic E-state index is 13.7. The van der Waals surface area contributed by atoms with Crippen LogP contribution >= 0.6 is 0 Å². The van der Waals surface area contributed by atoms with Gasteiger partial charge in [0.2, 0.25) is 5.91 Å². The second-order valence-corrected chi connectivity index (χ2v) is 7.36. The second kappa shape index (κ2) is 7.62. The predicted molar refractivity (Wildman–Crippen MR) is 102 cm³/mol. The van der Waals surface area contributed by atoms with E-state index in [1.165, 1.54) is 6.07 Å². The lowest BCUT2D eigenvalue weighted by molar-refractivity contribution is -0.133. The highest BCUT2D eigenvalue weighted by Gasteiger charge is 2.50. The van der Waals surface area contributed by atoms with Gasteiger partial charge in [-0.1, -0.05) is 18.2 Å². The first-order valence-corrected chi connectivity index (χ1v) is 9.67. The lowest BCUT2D eigenvalue weighted by Crippen LogP contribution is -2.60. The fourth-order valence-electron chi connectivity index (χ4n) is 4.16. The van der Waals surface area contributed by atoms with Crippen molar-refractivity contribution in [2.75, 3.05) is 13.1 Å². The summed E-state index contributed by atoms with van der Waals surface area (Å²) >= 11 is 0. The van der Waals surface area contributed by atoms with Crippen LogP contribution in [0.2, 0.25) is 0 Å². The number of carbonyl (C=O) groups is 2. The van der Waals surface area contributed by atoms with Gasteiger partial charge < -0.3 is 15.0 Å². The number of carbonyl (C=O) groups excluding carboxylic acids is 2. The van der Waals surface area contributed by atoms with Crippen molar-refractivity contribution >= 4 is 11.8 Å². The Hall–Kier alpha value is -2.89. The van der Waals surface area contributed by atoms with Gasteiger partial charge in [0.25, 0.3) is 5.91 Å². The summed E-state index contributed by atoms with van der Waals surface area (Å²) in [7, 11) is 0. The number of nitrogens with zero attached hydrogens (tertiary/aromatic N) is 1. The molecule has 1 unspecified atom stereocenters. The maximum Gasteiger partial charge on any atom is 0.254 e. The molecule has 0 radical (unpaired) electrons. The molecule has 146 valence electrons. The normalized spacial score (nSPS) is 21.6. The summed E-state index contributed by atoms with van der Waals surface area (Å²) < 4.78 is 19.3. The van der Waals surface area contributed by atoms with Crippen molar-refractivity contribution < 1.29 is 18.7 Å². The lowest BCUT2D eigenvalue weighted by Gasteiger charge is -2.40. The highest BCUT2D eigenvalue weighted by Crippen LogP contribution is 2.36. The van der Waals surface area contributed by atoms with Crippen molar-refractivity contribution in [2.24, 2.45) is 0 Å². The molecule has 4 rings (SSSR count). The number of piperidine rings is 1. The standard InChI is InChI=1S/C22H23FN2O3/c23-19-6-2-1-5-17(19)15-28-18-9-7-16(8-10-18)20(26)25-14-4-12-22(25)11-3-13-24-21(22)27/h1-2,5-10H,3-4,11-15H2,(H,24,27). The van der Waals surface area contributed by atoms with Crippen molar-refractivity contribution in [1.82, 2.24) is 10.2 Å². The molecule has 0 saturated carbocycles. The van der Waals surface area contributed by atoms with E-state index >= 15 is 0 Å². The van der Waals surface area contributed by atoms with Gasteiger partial charge in [-0.05, 0) is 56.0 Å². The van der Waals surface area contributed by atoms with Crippen LogP contribution in [0.3, 0.4) is 0 Å². The Bertz CT molecular complexity index is 884. The van der Waals surface area contributed by atoms with E-state index in [0.29, 0.717) is 42.8 Å². The molecule has 1 N–H and O–H groups in total. The van der Waals surface area contributed by atoms with Gasteiger partial charge in [0, 0.05) is 24.2 Å². The van der Waals surface area contributed by atoms with Crippen LogP contribution in [-0.4, -0.2) is 35.3 Å². The van der Waals surface area contributed by atoms with Crippen molar-refractivity contribution in [3.05, 3.63) is 65.5 Å². The fraction of sp³-hybridized carbons (Fsp3) is 0.364. The van der Waals surface area contributed by atoms with E-state index in [9.17, 15) is 14.0 Å². The molecule has 28 heavy (non-hydrogen) atoms. The number of benzene rings is 2. The Morgan fingerprint density at radius 2 is 1.86 bits per heavy atom. The number of hydrogen-bond acceptors (Lipinski definition) is 3. The van der Waals surface area contributed by atoms with Gasteiger partial charge in [0.1, 0.15) is 23.7 Å². The third-order valence-electron chi connectivity index (χ3n) is 5.66. The molecule has 2 aromatic rings. The zero-order valence-corrected chi connectivity index (χ0v) is 15.6. The van der Waals surface area contributed by atoms with Crippen LogP contribution in [0.4, 0.5) is 4.39 Å². The Balaban J connectivity index is 1.45. The molecule has 5 nitrogen and oxygen atoms in total. The molecule has 1 atom stereocenters. The summed E-state index contributed by atoms with van der Waals surface area (Å²) in [5, 5.41) is 2.91. The van der Waals surface area contributed by atoms with E-state index in [0.717, 1.165) is 12.8 Å². The molecule has 0 bridgehead atoms. The molecule has 2 amide bonds. The zero-order valence-electron chi connectivity index (χ0n) is 15.6. The van der Waals surface area contributed by atoms with Crippen LogP contribution in [0.15, 0.2) is 48.5 Å². The minimum Gasteiger partial charge on any atom is -0.489 e. The number of ether oxygens (including phenoxy) is 1. The topological polar surface area (TPSA) is 58.6 Å². The quantitative estimate of drug-likeness (QED) is 0.883. The molecule has 6 heteroatoms. The smallest absolute Gasteiger partial charge is 0.254 e. The average molecular weight is 382 g/mol. The van der Waals surface area contributed by atoms with Crippen LogP contribution < -0.4 is 10.1 Å². The number of likely N-dealkylation sites (tertiary alicyclic amines) is 1. The van der Waals surface area contributed by atoms with Crippen molar-refractivity contribution in [3.63, 3.8) is 0 Å². The van der Waals surface area contributed by atoms with E-state index in [2.05, 4.69) is 5.32 Å². The van der Waals surface area contributed by atoms with E-state index in [-0.39, 0.29) is 24.2 Å². The van der Waals surface area contributed by atoms with Crippen molar-refractivity contribution in [3.8, 4) is 5.75 Å². The number of amides is 2. The van der Waals surface area contributed by atoms with Crippen LogP contribution in [0.1, 0.15) is 41.6 Å². The molecule has 1 spiro atoms. The van der Waals surface area contributed by atoms with Crippen LogP contribution in [-0.2, 0) is 11.4 Å². The number of halogens is 1. The van der Waals surface area contributed by atoms with Gasteiger partial charge in [0.05, 0.1) is 0 Å². The van der Waals surface area contributed by atoms with Gasteiger partial charge in [-0.25, -0.2) is 4.39 Å². The van der Waals surface area contributed by atoms with Crippen molar-refractivity contribution in [1.29, 1.82) is 0 Å². The number of rotatable bonds is 4. The predicted octanol–water partition coefficient (Wildman–Crippen LogP) is 3.29. The molecule has 2 aliphatic heterocycles. The SMILES string of the molecule is O=C(c1ccc(OCc2ccccc2F)cc1)N1CCCC12CCCNC2=O. The summed E-state index contributed by atoms with van der Waals surface area (Å²) in [5.41, 5.74) is 0.304. The van der Waals surface area contributed by atoms with Gasteiger partial charge in [-0.3, -0.25) is 9.59 Å². The first-order valence-electron chi connectivity index (χ1n) is 9.67. The Morgan fingerprint density at radius 1 is 1.11 bits per heavy atom. The Kier molecular flexibility index (Phi) is 5.03. The maximum absolute atomic E-state index is 13.7. The number of nitrogens with one attached hydrogen (secondary N) is 1. The summed E-state index contributed by atoms with van der Waals surface area (Å²) in [5.74, 6) is 0.0929. The summed E-state index contributed by atoms with van der Waals surface area (Å²) in [6.45, 7) is 1.39. The van der Waals surface area contributed by atoms with E-state index < -0.39 is 5.54 Å². The molecule has 2 saturated heterocycles. The third kappa shape index (κ3) is 3.35. The third-order valence-corrected chi connectivity index (χ3v) is 5.66. The molecule has 2 aromatic carbocycles. The molecule has 2 aliphatic rings. The van der Waals surface area contributed by atoms with Crippen molar-refractivity contribution in [2.45, 2.75) is 37.8 Å². The van der Waals surface area contributed by atoms with E-state index in [1.807, 2.05) is 0 Å². The van der Waals surface area contributed by atoms with Gasteiger partial charge in [0.15, 0.2) is 0 Å². The minimum absolute atomic E-state index is 0.0329. The molecular weight excluding hydrogens is 359 g/mol. The summed E-state index contributed by atoms with van der Waals surface area (Å²) in [6.07, 6.45) is 3.16. The average Bonchev–Trinajstić information content (AvgIpc) is 3.14. The van der Waals surface area contributed by atoms with Crippen LogP contribution in [0.25, 0.3) is 0 Å². The molecule has 2 fully saturated rings. The Labute approximate surface area is 163 Å². The fourth-order valence-corrected chi connectivity index (χ4v) is 4.16. The monoisotopic (exact) mass is 382 g/mol. The first-order chi connectivity index (χ1) is 13.6. The van der Waals surface area contributed by atoms with Crippen LogP contribution in [0, 0.1) is 5.82 Å². The summed E-state index contributed by atoms with van der Waals surface area (Å²) in [4.78, 5) is 27.3. The van der Waals surface area contributed by atoms with E-state index in [4.69, 9.17) is 4.74 Å². The zero-order chi connectivity index (χ0) is 19.6. The number of hydrogen-bond donors (Lipinski definition) is 1. The van der Waals surface area contributed by atoms with Gasteiger partial charge in [-0.2, -0.15) is 0 Å². The second-order valence-electron chi connectivity index (χ2n) is 7.36. The first kappa shape index (κ1) is 18.5.